The zero-order chi connectivity index (χ0) is 13.5. The molecule has 0 atom stereocenters. The first kappa shape index (κ1) is 14.3. The van der Waals surface area contributed by atoms with Crippen molar-refractivity contribution >= 4 is 11.6 Å². The van der Waals surface area contributed by atoms with Crippen LogP contribution >= 0.6 is 0 Å². The number of nitrogens with zero attached hydrogens (tertiary/aromatic N) is 2. The SMILES string of the molecule is C=CCN(CCC)C(=O)c1n[nH]c(CCC)c1N. The van der Waals surface area contributed by atoms with Crippen LogP contribution in [0.2, 0.25) is 0 Å². The van der Waals surface area contributed by atoms with Crippen molar-refractivity contribution in [2.24, 2.45) is 0 Å². The van der Waals surface area contributed by atoms with E-state index in [1.807, 2.05) is 6.92 Å². The molecule has 0 unspecified atom stereocenters. The van der Waals surface area contributed by atoms with Crippen molar-refractivity contribution in [3.63, 3.8) is 0 Å². The van der Waals surface area contributed by atoms with Crippen LogP contribution in [-0.4, -0.2) is 34.1 Å². The van der Waals surface area contributed by atoms with Crippen LogP contribution < -0.4 is 5.73 Å². The van der Waals surface area contributed by atoms with Gasteiger partial charge in [-0.25, -0.2) is 0 Å². The Labute approximate surface area is 108 Å². The normalized spacial score (nSPS) is 10.3. The van der Waals surface area contributed by atoms with Gasteiger partial charge in [-0.3, -0.25) is 9.89 Å². The van der Waals surface area contributed by atoms with Crippen LogP contribution in [0.25, 0.3) is 0 Å². The predicted molar refractivity (Wildman–Crippen MR) is 73.4 cm³/mol. The summed E-state index contributed by atoms with van der Waals surface area (Å²) in [5, 5.41) is 6.89. The van der Waals surface area contributed by atoms with Crippen LogP contribution in [0, 0.1) is 0 Å². The van der Waals surface area contributed by atoms with Crippen molar-refractivity contribution in [2.75, 3.05) is 18.8 Å². The van der Waals surface area contributed by atoms with Crippen molar-refractivity contribution in [2.45, 2.75) is 33.1 Å². The number of nitrogen functional groups attached to an aromatic ring is 1. The van der Waals surface area contributed by atoms with Crippen LogP contribution in [0.1, 0.15) is 42.9 Å². The van der Waals surface area contributed by atoms with Crippen LogP contribution in [-0.2, 0) is 6.42 Å². The zero-order valence-corrected chi connectivity index (χ0v) is 11.2. The number of anilines is 1. The molecule has 0 aliphatic rings. The summed E-state index contributed by atoms with van der Waals surface area (Å²) in [4.78, 5) is 14.0. The summed E-state index contributed by atoms with van der Waals surface area (Å²) >= 11 is 0. The summed E-state index contributed by atoms with van der Waals surface area (Å²) in [6, 6.07) is 0. The summed E-state index contributed by atoms with van der Waals surface area (Å²) in [6.45, 7) is 8.95. The summed E-state index contributed by atoms with van der Waals surface area (Å²) in [7, 11) is 0. The van der Waals surface area contributed by atoms with E-state index in [-0.39, 0.29) is 5.91 Å². The Balaban J connectivity index is 2.90. The van der Waals surface area contributed by atoms with Gasteiger partial charge in [-0.05, 0) is 12.8 Å². The highest BCUT2D eigenvalue weighted by Crippen LogP contribution is 2.17. The minimum Gasteiger partial charge on any atom is -0.395 e. The molecule has 0 radical (unpaired) electrons. The molecule has 0 saturated heterocycles. The van der Waals surface area contributed by atoms with E-state index >= 15 is 0 Å². The minimum atomic E-state index is -0.132. The monoisotopic (exact) mass is 250 g/mol. The van der Waals surface area contributed by atoms with Crippen molar-refractivity contribution in [3.8, 4) is 0 Å². The van der Waals surface area contributed by atoms with Gasteiger partial charge in [0.25, 0.3) is 5.91 Å². The molecule has 0 aliphatic heterocycles. The van der Waals surface area contributed by atoms with E-state index in [1.54, 1.807) is 11.0 Å². The summed E-state index contributed by atoms with van der Waals surface area (Å²) in [5.41, 5.74) is 7.60. The molecule has 5 heteroatoms. The van der Waals surface area contributed by atoms with Gasteiger partial charge in [-0.15, -0.1) is 6.58 Å². The number of rotatable bonds is 7. The predicted octanol–water partition coefficient (Wildman–Crippen LogP) is 1.98. The van der Waals surface area contributed by atoms with Crippen molar-refractivity contribution in [1.29, 1.82) is 0 Å². The first-order valence-electron chi connectivity index (χ1n) is 6.38. The quantitative estimate of drug-likeness (QED) is 0.727. The minimum absolute atomic E-state index is 0.132. The fraction of sp³-hybridized carbons (Fsp3) is 0.538. The Bertz CT molecular complexity index is 411. The summed E-state index contributed by atoms with van der Waals surface area (Å²) in [6.07, 6.45) is 4.38. The lowest BCUT2D eigenvalue weighted by molar-refractivity contribution is 0.0769. The molecule has 0 fully saturated rings. The Morgan fingerprint density at radius 3 is 2.78 bits per heavy atom. The molecular formula is C13H22N4O. The average molecular weight is 250 g/mol. The average Bonchev–Trinajstić information content (AvgIpc) is 2.71. The van der Waals surface area contributed by atoms with E-state index < -0.39 is 0 Å². The summed E-state index contributed by atoms with van der Waals surface area (Å²) < 4.78 is 0. The second-order valence-corrected chi connectivity index (χ2v) is 4.25. The molecule has 0 aliphatic carbocycles. The maximum atomic E-state index is 12.3. The van der Waals surface area contributed by atoms with Gasteiger partial charge in [0.1, 0.15) is 0 Å². The topological polar surface area (TPSA) is 75.0 Å². The molecule has 0 aromatic carbocycles. The molecule has 1 heterocycles. The fourth-order valence-electron chi connectivity index (χ4n) is 1.84. The third kappa shape index (κ3) is 3.12. The Morgan fingerprint density at radius 2 is 2.22 bits per heavy atom. The van der Waals surface area contributed by atoms with E-state index in [0.29, 0.717) is 24.5 Å². The van der Waals surface area contributed by atoms with Crippen LogP contribution in [0.5, 0.6) is 0 Å². The number of carbonyl (C=O) groups excluding carboxylic acids is 1. The van der Waals surface area contributed by atoms with Crippen LogP contribution in [0.4, 0.5) is 5.69 Å². The van der Waals surface area contributed by atoms with E-state index in [0.717, 1.165) is 25.0 Å². The van der Waals surface area contributed by atoms with Crippen molar-refractivity contribution < 1.29 is 4.79 Å². The van der Waals surface area contributed by atoms with Gasteiger partial charge in [0.05, 0.1) is 11.4 Å². The highest BCUT2D eigenvalue weighted by molar-refractivity contribution is 5.97. The van der Waals surface area contributed by atoms with Crippen LogP contribution in [0.15, 0.2) is 12.7 Å². The molecule has 0 bridgehead atoms. The van der Waals surface area contributed by atoms with Gasteiger partial charge in [0.2, 0.25) is 0 Å². The second-order valence-electron chi connectivity index (χ2n) is 4.25. The molecule has 0 saturated carbocycles. The number of carbonyl (C=O) groups is 1. The Hall–Kier alpha value is -1.78. The van der Waals surface area contributed by atoms with E-state index in [4.69, 9.17) is 5.73 Å². The van der Waals surface area contributed by atoms with Crippen molar-refractivity contribution in [1.82, 2.24) is 15.1 Å². The van der Waals surface area contributed by atoms with E-state index in [1.165, 1.54) is 0 Å². The molecule has 1 aromatic rings. The summed E-state index contributed by atoms with van der Waals surface area (Å²) in [5.74, 6) is -0.132. The molecule has 3 N–H and O–H groups in total. The Morgan fingerprint density at radius 1 is 1.50 bits per heavy atom. The zero-order valence-electron chi connectivity index (χ0n) is 11.2. The number of hydrogen-bond donors (Lipinski definition) is 2. The molecule has 5 nitrogen and oxygen atoms in total. The molecular weight excluding hydrogens is 228 g/mol. The first-order valence-corrected chi connectivity index (χ1v) is 6.38. The number of hydrogen-bond acceptors (Lipinski definition) is 3. The van der Waals surface area contributed by atoms with E-state index in [2.05, 4.69) is 23.7 Å². The highest BCUT2D eigenvalue weighted by atomic mass is 16.2. The van der Waals surface area contributed by atoms with Gasteiger partial charge in [0.15, 0.2) is 5.69 Å². The lowest BCUT2D eigenvalue weighted by Crippen LogP contribution is -2.32. The number of amides is 1. The third-order valence-electron chi connectivity index (χ3n) is 2.72. The second kappa shape index (κ2) is 6.83. The van der Waals surface area contributed by atoms with Gasteiger partial charge in [-0.1, -0.05) is 26.3 Å². The molecule has 100 valence electrons. The smallest absolute Gasteiger partial charge is 0.276 e. The number of aryl methyl sites for hydroxylation is 1. The van der Waals surface area contributed by atoms with Gasteiger partial charge < -0.3 is 10.6 Å². The largest absolute Gasteiger partial charge is 0.395 e. The molecule has 18 heavy (non-hydrogen) atoms. The maximum Gasteiger partial charge on any atom is 0.276 e. The number of nitrogens with one attached hydrogen (secondary N) is 1. The van der Waals surface area contributed by atoms with Gasteiger partial charge in [-0.2, -0.15) is 5.10 Å². The number of H-pyrrole nitrogens is 1. The lowest BCUT2D eigenvalue weighted by atomic mass is 10.2. The van der Waals surface area contributed by atoms with Gasteiger partial charge >= 0.3 is 0 Å². The number of aromatic nitrogens is 2. The Kier molecular flexibility index (Phi) is 5.42. The molecule has 1 amide bonds. The molecule has 1 rings (SSSR count). The standard InChI is InChI=1S/C13H22N4O/c1-4-7-10-11(14)12(16-15-10)13(18)17(8-5-2)9-6-3/h5H,2,4,6-9,14H2,1,3H3,(H,15,16). The molecule has 0 spiro atoms. The van der Waals surface area contributed by atoms with Crippen LogP contribution in [0.3, 0.4) is 0 Å². The van der Waals surface area contributed by atoms with E-state index in [9.17, 15) is 4.79 Å². The first-order chi connectivity index (χ1) is 8.65. The third-order valence-corrected chi connectivity index (χ3v) is 2.72. The number of nitrogens with two attached hydrogens (primary N) is 1. The lowest BCUT2D eigenvalue weighted by Gasteiger charge is -2.19. The van der Waals surface area contributed by atoms with Gasteiger partial charge in [0, 0.05) is 13.1 Å². The molecule has 1 aromatic heterocycles. The maximum absolute atomic E-state index is 12.3. The number of aromatic amines is 1. The fourth-order valence-corrected chi connectivity index (χ4v) is 1.84. The highest BCUT2D eigenvalue weighted by Gasteiger charge is 2.21. The van der Waals surface area contributed by atoms with Crippen molar-refractivity contribution in [3.05, 3.63) is 24.0 Å².